The number of hydrogen-bond donors (Lipinski definition) is 1. The van der Waals surface area contributed by atoms with Crippen LogP contribution in [0.15, 0.2) is 34.7 Å². The van der Waals surface area contributed by atoms with E-state index in [2.05, 4.69) is 18.3 Å². The van der Waals surface area contributed by atoms with Gasteiger partial charge in [0.2, 0.25) is 0 Å². The van der Waals surface area contributed by atoms with E-state index < -0.39 is 0 Å². The van der Waals surface area contributed by atoms with Crippen molar-refractivity contribution in [2.75, 3.05) is 19.6 Å². The minimum absolute atomic E-state index is 0.0539. The van der Waals surface area contributed by atoms with Crippen LogP contribution in [0.2, 0.25) is 0 Å². The predicted molar refractivity (Wildman–Crippen MR) is 92.3 cm³/mol. The van der Waals surface area contributed by atoms with Crippen molar-refractivity contribution in [2.45, 2.75) is 33.4 Å². The summed E-state index contributed by atoms with van der Waals surface area (Å²) in [5.74, 6) is 1.81. The summed E-state index contributed by atoms with van der Waals surface area (Å²) in [7, 11) is 0. The molecule has 1 fully saturated rings. The molecule has 1 aliphatic rings. The van der Waals surface area contributed by atoms with E-state index in [1.54, 1.807) is 6.07 Å². The largest absolute Gasteiger partial charge is 0.485 e. The summed E-state index contributed by atoms with van der Waals surface area (Å²) in [4.78, 5) is 14.4. The summed E-state index contributed by atoms with van der Waals surface area (Å²) in [5, 5.41) is 3.28. The van der Waals surface area contributed by atoms with Crippen LogP contribution in [0.4, 0.5) is 0 Å². The average Bonchev–Trinajstić information content (AvgIpc) is 3.03. The minimum Gasteiger partial charge on any atom is -0.485 e. The Hall–Kier alpha value is -2.27. The maximum Gasteiger partial charge on any atom is 0.289 e. The van der Waals surface area contributed by atoms with Gasteiger partial charge in [0.05, 0.1) is 0 Å². The molecular weight excluding hydrogens is 304 g/mol. The molecule has 1 amide bonds. The first-order chi connectivity index (χ1) is 11.5. The lowest BCUT2D eigenvalue weighted by molar-refractivity contribution is 0.0619. The fourth-order valence-corrected chi connectivity index (χ4v) is 2.96. The molecule has 24 heavy (non-hydrogen) atoms. The third kappa shape index (κ3) is 3.62. The Morgan fingerprint density at radius 2 is 2.17 bits per heavy atom. The Morgan fingerprint density at radius 1 is 1.33 bits per heavy atom. The van der Waals surface area contributed by atoms with Gasteiger partial charge in [-0.3, -0.25) is 4.79 Å². The van der Waals surface area contributed by atoms with Gasteiger partial charge in [-0.15, -0.1) is 0 Å². The fraction of sp³-hybridized carbons (Fsp3) is 0.421. The number of rotatable bonds is 4. The maximum absolute atomic E-state index is 12.6. The van der Waals surface area contributed by atoms with Crippen molar-refractivity contribution in [3.05, 3.63) is 53.0 Å². The standard InChI is InChI=1S/C19H24N2O3/c1-13-4-6-17(14(2)10-13)23-12-16-5-7-18(24-16)19(22)21-9-8-20-11-15(21)3/h4-7,10,15,20H,8-9,11-12H2,1-3H3/t15-/m0/s1. The van der Waals surface area contributed by atoms with Crippen LogP contribution < -0.4 is 10.1 Å². The molecule has 128 valence electrons. The second kappa shape index (κ2) is 7.09. The number of amides is 1. The third-order valence-electron chi connectivity index (χ3n) is 4.33. The summed E-state index contributed by atoms with van der Waals surface area (Å²) < 4.78 is 11.5. The second-order valence-electron chi connectivity index (χ2n) is 6.38. The van der Waals surface area contributed by atoms with Gasteiger partial charge < -0.3 is 19.4 Å². The van der Waals surface area contributed by atoms with Gasteiger partial charge >= 0.3 is 0 Å². The zero-order valence-corrected chi connectivity index (χ0v) is 14.5. The molecule has 3 rings (SSSR count). The first-order valence-corrected chi connectivity index (χ1v) is 8.35. The van der Waals surface area contributed by atoms with E-state index in [1.165, 1.54) is 5.56 Å². The van der Waals surface area contributed by atoms with Crippen molar-refractivity contribution in [1.29, 1.82) is 0 Å². The molecule has 0 radical (unpaired) electrons. The molecule has 0 aliphatic carbocycles. The van der Waals surface area contributed by atoms with Crippen LogP contribution in [0.5, 0.6) is 5.75 Å². The van der Waals surface area contributed by atoms with Crippen LogP contribution in [-0.2, 0) is 6.61 Å². The monoisotopic (exact) mass is 328 g/mol. The van der Waals surface area contributed by atoms with E-state index in [4.69, 9.17) is 9.15 Å². The second-order valence-corrected chi connectivity index (χ2v) is 6.38. The number of aryl methyl sites for hydroxylation is 2. The number of benzene rings is 1. The van der Waals surface area contributed by atoms with Crippen molar-refractivity contribution in [1.82, 2.24) is 10.2 Å². The fourth-order valence-electron chi connectivity index (χ4n) is 2.96. The highest BCUT2D eigenvalue weighted by Gasteiger charge is 2.26. The number of piperazine rings is 1. The van der Waals surface area contributed by atoms with E-state index in [9.17, 15) is 4.79 Å². The van der Waals surface area contributed by atoms with E-state index in [-0.39, 0.29) is 11.9 Å². The van der Waals surface area contributed by atoms with Gasteiger partial charge in [0.1, 0.15) is 18.1 Å². The van der Waals surface area contributed by atoms with Crippen molar-refractivity contribution in [2.24, 2.45) is 0 Å². The Labute approximate surface area is 142 Å². The number of carbonyl (C=O) groups excluding carboxylic acids is 1. The Kier molecular flexibility index (Phi) is 4.90. The topological polar surface area (TPSA) is 54.7 Å². The molecular formula is C19H24N2O3. The first kappa shape index (κ1) is 16.6. The maximum atomic E-state index is 12.6. The molecule has 0 saturated carbocycles. The SMILES string of the molecule is Cc1ccc(OCc2ccc(C(=O)N3CCNC[C@@H]3C)o2)c(C)c1. The summed E-state index contributed by atoms with van der Waals surface area (Å²) >= 11 is 0. The molecule has 1 N–H and O–H groups in total. The Balaban J connectivity index is 1.63. The molecule has 1 aromatic heterocycles. The lowest BCUT2D eigenvalue weighted by atomic mass is 10.1. The van der Waals surface area contributed by atoms with Gasteiger partial charge in [0.25, 0.3) is 5.91 Å². The summed E-state index contributed by atoms with van der Waals surface area (Å²) in [6.45, 7) is 8.76. The number of hydrogen-bond acceptors (Lipinski definition) is 4. The van der Waals surface area contributed by atoms with Crippen molar-refractivity contribution >= 4 is 5.91 Å². The van der Waals surface area contributed by atoms with Gasteiger partial charge in [-0.2, -0.15) is 0 Å². The van der Waals surface area contributed by atoms with Crippen LogP contribution in [0, 0.1) is 13.8 Å². The van der Waals surface area contributed by atoms with E-state index in [0.29, 0.717) is 24.7 Å². The lowest BCUT2D eigenvalue weighted by Crippen LogP contribution is -2.52. The molecule has 2 aromatic rings. The molecule has 0 bridgehead atoms. The average molecular weight is 328 g/mol. The highest BCUT2D eigenvalue weighted by atomic mass is 16.5. The summed E-state index contributed by atoms with van der Waals surface area (Å²) in [6.07, 6.45) is 0. The quantitative estimate of drug-likeness (QED) is 0.937. The van der Waals surface area contributed by atoms with Crippen molar-refractivity contribution in [3.63, 3.8) is 0 Å². The van der Waals surface area contributed by atoms with Gasteiger partial charge in [-0.25, -0.2) is 0 Å². The van der Waals surface area contributed by atoms with Gasteiger partial charge in [0.15, 0.2) is 5.76 Å². The van der Waals surface area contributed by atoms with Crippen LogP contribution in [0.25, 0.3) is 0 Å². The summed E-state index contributed by atoms with van der Waals surface area (Å²) in [5.41, 5.74) is 2.29. The first-order valence-electron chi connectivity index (χ1n) is 8.35. The predicted octanol–water partition coefficient (Wildman–Crippen LogP) is 2.91. The molecule has 5 heteroatoms. The molecule has 0 spiro atoms. The number of nitrogens with one attached hydrogen (secondary N) is 1. The third-order valence-corrected chi connectivity index (χ3v) is 4.33. The molecule has 2 heterocycles. The van der Waals surface area contributed by atoms with Crippen LogP contribution >= 0.6 is 0 Å². The van der Waals surface area contributed by atoms with Gasteiger partial charge in [0, 0.05) is 25.7 Å². The van der Waals surface area contributed by atoms with Crippen LogP contribution in [0.3, 0.4) is 0 Å². The molecule has 1 atom stereocenters. The Morgan fingerprint density at radius 3 is 2.92 bits per heavy atom. The summed E-state index contributed by atoms with van der Waals surface area (Å²) in [6, 6.07) is 9.78. The number of furan rings is 1. The smallest absolute Gasteiger partial charge is 0.289 e. The van der Waals surface area contributed by atoms with E-state index >= 15 is 0 Å². The van der Waals surface area contributed by atoms with E-state index in [1.807, 2.05) is 36.9 Å². The number of nitrogens with zero attached hydrogens (tertiary/aromatic N) is 1. The lowest BCUT2D eigenvalue weighted by Gasteiger charge is -2.33. The molecule has 5 nitrogen and oxygen atoms in total. The molecule has 1 saturated heterocycles. The zero-order chi connectivity index (χ0) is 17.1. The van der Waals surface area contributed by atoms with Crippen molar-refractivity contribution < 1.29 is 13.9 Å². The van der Waals surface area contributed by atoms with E-state index in [0.717, 1.165) is 24.4 Å². The van der Waals surface area contributed by atoms with Crippen molar-refractivity contribution in [3.8, 4) is 5.75 Å². The number of ether oxygens (including phenoxy) is 1. The van der Waals surface area contributed by atoms with Crippen LogP contribution in [0.1, 0.15) is 34.4 Å². The highest BCUT2D eigenvalue weighted by Crippen LogP contribution is 2.21. The highest BCUT2D eigenvalue weighted by molar-refractivity contribution is 5.91. The normalized spacial score (nSPS) is 17.8. The van der Waals surface area contributed by atoms with Gasteiger partial charge in [-0.1, -0.05) is 17.7 Å². The number of carbonyl (C=O) groups is 1. The minimum atomic E-state index is -0.0539. The molecule has 1 aromatic carbocycles. The molecule has 0 unspecified atom stereocenters. The Bertz CT molecular complexity index is 723. The zero-order valence-electron chi connectivity index (χ0n) is 14.5. The van der Waals surface area contributed by atoms with Gasteiger partial charge in [-0.05, 0) is 44.5 Å². The van der Waals surface area contributed by atoms with Crippen LogP contribution in [-0.4, -0.2) is 36.5 Å². The molecule has 1 aliphatic heterocycles.